The van der Waals surface area contributed by atoms with Gasteiger partial charge in [-0.2, -0.15) is 0 Å². The molecule has 0 aliphatic rings. The van der Waals surface area contributed by atoms with Crippen molar-refractivity contribution in [3.63, 3.8) is 0 Å². The molecule has 4 nitrogen and oxygen atoms in total. The summed E-state index contributed by atoms with van der Waals surface area (Å²) in [6, 6.07) is 0. The molecular weight excluding hydrogens is 180 g/mol. The summed E-state index contributed by atoms with van der Waals surface area (Å²) in [7, 11) is 1.72. The normalized spacial score (nSPS) is 8.86. The second kappa shape index (κ2) is 12.4. The number of amides is 1. The molecule has 3 N–H and O–H groups in total. The minimum atomic E-state index is -0.125. The van der Waals surface area contributed by atoms with Gasteiger partial charge in [-0.1, -0.05) is 35.1 Å². The minimum absolute atomic E-state index is 0. The van der Waals surface area contributed by atoms with Crippen LogP contribution in [0.15, 0.2) is 0 Å². The fourth-order valence-electron chi connectivity index (χ4n) is 0.500. The fourth-order valence-corrected chi connectivity index (χ4v) is 0.500. The molecule has 0 aliphatic heterocycles. The van der Waals surface area contributed by atoms with Crippen LogP contribution in [-0.4, -0.2) is 19.6 Å². The Labute approximate surface area is 88.2 Å². The number of carbonyl (C=O) groups is 1. The molecule has 0 rings (SSSR count). The highest BCUT2D eigenvalue weighted by atomic mass is 16.5. The van der Waals surface area contributed by atoms with Crippen molar-refractivity contribution in [2.24, 2.45) is 17.7 Å². The minimum Gasteiger partial charge on any atom is -0.384 e. The first-order valence-electron chi connectivity index (χ1n) is 4.45. The molecule has 0 saturated carbocycles. The monoisotopic (exact) mass is 206 g/mol. The maximum Gasteiger partial charge on any atom is 0.236 e. The van der Waals surface area contributed by atoms with E-state index in [9.17, 15) is 4.79 Å². The average Bonchev–Trinajstić information content (AvgIpc) is 2.03. The van der Waals surface area contributed by atoms with Crippen LogP contribution in [0, 0.1) is 11.8 Å². The van der Waals surface area contributed by atoms with Crippen molar-refractivity contribution >= 4 is 5.91 Å². The Balaban J connectivity index is -0.000000163. The highest BCUT2D eigenvalue weighted by molar-refractivity contribution is 5.77. The Bertz CT molecular complexity index is 125. The summed E-state index contributed by atoms with van der Waals surface area (Å²) in [6.45, 7) is 8.69. The summed E-state index contributed by atoms with van der Waals surface area (Å²) in [5, 5.41) is 0. The first-order valence-corrected chi connectivity index (χ1v) is 4.45. The molecule has 0 bridgehead atoms. The summed E-state index contributed by atoms with van der Waals surface area (Å²) < 4.78 is 4.80. The van der Waals surface area contributed by atoms with Crippen molar-refractivity contribution < 1.29 is 9.53 Å². The molecule has 0 heterocycles. The number of hydrazine groups is 1. The number of hydrogen-bond acceptors (Lipinski definition) is 3. The lowest BCUT2D eigenvalue weighted by Crippen LogP contribution is -2.33. The van der Waals surface area contributed by atoms with Gasteiger partial charge in [0.05, 0.1) is 0 Å². The second-order valence-electron chi connectivity index (χ2n) is 3.51. The molecule has 4 heteroatoms. The van der Waals surface area contributed by atoms with E-state index in [0.29, 0.717) is 5.92 Å². The zero-order valence-corrected chi connectivity index (χ0v) is 9.26. The molecule has 0 saturated heterocycles. The van der Waals surface area contributed by atoms with E-state index in [0.717, 1.165) is 6.61 Å². The van der Waals surface area contributed by atoms with Crippen LogP contribution in [0.5, 0.6) is 0 Å². The molecule has 14 heavy (non-hydrogen) atoms. The SMILES string of the molecule is C.CC(C)C(=O)NN.COCC(C)C. The Kier molecular flexibility index (Phi) is 16.9. The van der Waals surface area contributed by atoms with Crippen molar-refractivity contribution in [1.29, 1.82) is 0 Å². The van der Waals surface area contributed by atoms with Gasteiger partial charge in [-0.15, -0.1) is 0 Å². The van der Waals surface area contributed by atoms with Crippen LogP contribution in [0.2, 0.25) is 0 Å². The van der Waals surface area contributed by atoms with Crippen LogP contribution in [0.1, 0.15) is 35.1 Å². The molecule has 0 aromatic heterocycles. The molecule has 0 radical (unpaired) electrons. The lowest BCUT2D eigenvalue weighted by molar-refractivity contribution is -0.124. The lowest BCUT2D eigenvalue weighted by atomic mass is 10.2. The van der Waals surface area contributed by atoms with E-state index in [1.807, 2.05) is 5.43 Å². The molecule has 0 unspecified atom stereocenters. The van der Waals surface area contributed by atoms with Gasteiger partial charge in [-0.05, 0) is 5.92 Å². The van der Waals surface area contributed by atoms with Gasteiger partial charge in [0, 0.05) is 19.6 Å². The standard InChI is InChI=1S/C5H12O.C4H10N2O.CH4/c1-5(2)4-6-3;1-3(2)4(7)6-5;/h5H,4H2,1-3H3;3H,5H2,1-2H3,(H,6,7);1H4. The van der Waals surface area contributed by atoms with E-state index >= 15 is 0 Å². The van der Waals surface area contributed by atoms with Crippen molar-refractivity contribution in [3.8, 4) is 0 Å². The van der Waals surface area contributed by atoms with Crippen molar-refractivity contribution in [2.75, 3.05) is 13.7 Å². The third kappa shape index (κ3) is 17.5. The number of ether oxygens (including phenoxy) is 1. The largest absolute Gasteiger partial charge is 0.384 e. The third-order valence-electron chi connectivity index (χ3n) is 1.17. The molecule has 0 spiro atoms. The second-order valence-corrected chi connectivity index (χ2v) is 3.51. The van der Waals surface area contributed by atoms with Crippen LogP contribution < -0.4 is 11.3 Å². The zero-order valence-electron chi connectivity index (χ0n) is 9.26. The van der Waals surface area contributed by atoms with Crippen LogP contribution in [-0.2, 0) is 9.53 Å². The summed E-state index contributed by atoms with van der Waals surface area (Å²) in [6.07, 6.45) is 0. The smallest absolute Gasteiger partial charge is 0.236 e. The topological polar surface area (TPSA) is 64.4 Å². The van der Waals surface area contributed by atoms with Gasteiger partial charge in [-0.25, -0.2) is 5.84 Å². The van der Waals surface area contributed by atoms with Crippen molar-refractivity contribution in [1.82, 2.24) is 5.43 Å². The van der Waals surface area contributed by atoms with Gasteiger partial charge in [-0.3, -0.25) is 10.2 Å². The summed E-state index contributed by atoms with van der Waals surface area (Å²) in [4.78, 5) is 10.3. The number of carbonyl (C=O) groups excluding carboxylic acids is 1. The van der Waals surface area contributed by atoms with E-state index in [1.165, 1.54) is 0 Å². The van der Waals surface area contributed by atoms with Crippen LogP contribution in [0.4, 0.5) is 0 Å². The van der Waals surface area contributed by atoms with Crippen molar-refractivity contribution in [2.45, 2.75) is 35.1 Å². The van der Waals surface area contributed by atoms with E-state index < -0.39 is 0 Å². The molecule has 0 aromatic carbocycles. The number of nitrogens with two attached hydrogens (primary N) is 1. The first kappa shape index (κ1) is 19.0. The lowest BCUT2D eigenvalue weighted by Gasteiger charge is -1.98. The Morgan fingerprint density at radius 2 is 1.79 bits per heavy atom. The molecule has 0 fully saturated rings. The maximum absolute atomic E-state index is 10.3. The molecule has 88 valence electrons. The quantitative estimate of drug-likeness (QED) is 0.418. The number of rotatable bonds is 3. The maximum atomic E-state index is 10.3. The third-order valence-corrected chi connectivity index (χ3v) is 1.17. The molecule has 0 aliphatic carbocycles. The van der Waals surface area contributed by atoms with Crippen molar-refractivity contribution in [3.05, 3.63) is 0 Å². The zero-order chi connectivity index (χ0) is 10.9. The number of hydrogen-bond donors (Lipinski definition) is 2. The van der Waals surface area contributed by atoms with E-state index in [2.05, 4.69) is 13.8 Å². The Morgan fingerprint density at radius 1 is 1.36 bits per heavy atom. The first-order chi connectivity index (χ1) is 5.95. The summed E-state index contributed by atoms with van der Waals surface area (Å²) in [5.41, 5.74) is 2.03. The van der Waals surface area contributed by atoms with E-state index in [1.54, 1.807) is 21.0 Å². The van der Waals surface area contributed by atoms with E-state index in [4.69, 9.17) is 10.6 Å². The number of methoxy groups -OCH3 is 1. The summed E-state index contributed by atoms with van der Waals surface area (Å²) in [5.74, 6) is 5.32. The molecule has 0 aromatic rings. The van der Waals surface area contributed by atoms with Gasteiger partial charge < -0.3 is 4.74 Å². The van der Waals surface area contributed by atoms with Gasteiger partial charge in [0.2, 0.25) is 5.91 Å². The summed E-state index contributed by atoms with van der Waals surface area (Å²) >= 11 is 0. The van der Waals surface area contributed by atoms with Gasteiger partial charge in [0.25, 0.3) is 0 Å². The predicted molar refractivity (Wildman–Crippen MR) is 60.6 cm³/mol. The van der Waals surface area contributed by atoms with Gasteiger partial charge in [0.1, 0.15) is 0 Å². The van der Waals surface area contributed by atoms with Gasteiger partial charge in [0.15, 0.2) is 0 Å². The molecule has 1 amide bonds. The predicted octanol–water partition coefficient (Wildman–Crippen LogP) is 1.56. The molecule has 0 atom stereocenters. The van der Waals surface area contributed by atoms with E-state index in [-0.39, 0.29) is 19.3 Å². The van der Waals surface area contributed by atoms with Gasteiger partial charge >= 0.3 is 0 Å². The van der Waals surface area contributed by atoms with Crippen LogP contribution in [0.25, 0.3) is 0 Å². The average molecular weight is 206 g/mol. The Hall–Kier alpha value is -0.610. The highest BCUT2D eigenvalue weighted by Crippen LogP contribution is 1.88. The highest BCUT2D eigenvalue weighted by Gasteiger charge is 2.00. The van der Waals surface area contributed by atoms with Crippen LogP contribution in [0.3, 0.4) is 0 Å². The number of nitrogens with one attached hydrogen (secondary N) is 1. The molecular formula is C10H26N2O2. The Morgan fingerprint density at radius 3 is 1.79 bits per heavy atom. The van der Waals surface area contributed by atoms with Crippen LogP contribution >= 0.6 is 0 Å². The fraction of sp³-hybridized carbons (Fsp3) is 0.900.